The second-order valence-corrected chi connectivity index (χ2v) is 12.2. The number of ether oxygens (including phenoxy) is 3. The largest absolute Gasteiger partial charge is 0.484 e. The molecule has 0 aromatic heterocycles. The number of carbonyl (C=O) groups excluding carboxylic acids is 1. The van der Waals surface area contributed by atoms with Crippen LogP contribution in [0.25, 0.3) is 0 Å². The van der Waals surface area contributed by atoms with Crippen molar-refractivity contribution in [3.05, 3.63) is 89.5 Å². The van der Waals surface area contributed by atoms with E-state index in [0.717, 1.165) is 60.6 Å². The third kappa shape index (κ3) is 7.26. The number of hydrogen-bond donors (Lipinski definition) is 1. The van der Waals surface area contributed by atoms with Gasteiger partial charge in [0.1, 0.15) is 11.9 Å². The van der Waals surface area contributed by atoms with E-state index in [9.17, 15) is 14.7 Å². The highest BCUT2D eigenvalue weighted by molar-refractivity contribution is 5.95. The topological polar surface area (TPSA) is 91.8 Å². The highest BCUT2D eigenvalue weighted by Gasteiger charge is 2.35. The number of amides is 2. The first-order valence-corrected chi connectivity index (χ1v) is 16.1. The Bertz CT molecular complexity index is 1460. The Balaban J connectivity index is 1.12. The number of anilines is 2. The van der Waals surface area contributed by atoms with E-state index in [0.29, 0.717) is 45.7 Å². The van der Waals surface area contributed by atoms with Gasteiger partial charge in [0.25, 0.3) is 0 Å². The summed E-state index contributed by atoms with van der Waals surface area (Å²) in [7, 11) is 1.72. The summed E-state index contributed by atoms with van der Waals surface area (Å²) < 4.78 is 18.1. The number of para-hydroxylation sites is 3. The van der Waals surface area contributed by atoms with Crippen molar-refractivity contribution in [1.82, 2.24) is 4.90 Å². The van der Waals surface area contributed by atoms with Crippen LogP contribution in [0, 0.1) is 0 Å². The summed E-state index contributed by atoms with van der Waals surface area (Å²) >= 11 is 0. The molecule has 3 unspecified atom stereocenters. The molecule has 0 bridgehead atoms. The van der Waals surface area contributed by atoms with Crippen molar-refractivity contribution in [2.75, 3.05) is 62.8 Å². The second-order valence-electron chi connectivity index (χ2n) is 12.2. The van der Waals surface area contributed by atoms with Crippen molar-refractivity contribution >= 4 is 23.4 Å². The van der Waals surface area contributed by atoms with Crippen LogP contribution < -0.4 is 14.5 Å². The van der Waals surface area contributed by atoms with Gasteiger partial charge in [-0.2, -0.15) is 0 Å². The molecule has 3 aliphatic rings. The zero-order valence-electron chi connectivity index (χ0n) is 26.0. The van der Waals surface area contributed by atoms with Crippen LogP contribution in [0.2, 0.25) is 0 Å². The van der Waals surface area contributed by atoms with Crippen LogP contribution in [0.5, 0.6) is 5.75 Å². The minimum Gasteiger partial charge on any atom is -0.484 e. The zero-order valence-corrected chi connectivity index (χ0v) is 26.0. The molecule has 1 saturated heterocycles. The zero-order chi connectivity index (χ0) is 31.2. The van der Waals surface area contributed by atoms with Crippen LogP contribution >= 0.6 is 0 Å². The number of fused-ring (bicyclic) bond motifs is 2. The highest BCUT2D eigenvalue weighted by atomic mass is 16.5. The lowest BCUT2D eigenvalue weighted by Crippen LogP contribution is -2.49. The van der Waals surface area contributed by atoms with Gasteiger partial charge in [-0.25, -0.2) is 4.79 Å². The van der Waals surface area contributed by atoms with E-state index in [1.165, 1.54) is 10.5 Å². The van der Waals surface area contributed by atoms with E-state index in [1.807, 2.05) is 53.4 Å². The van der Waals surface area contributed by atoms with Crippen molar-refractivity contribution in [2.24, 2.45) is 0 Å². The van der Waals surface area contributed by atoms with Gasteiger partial charge in [-0.05, 0) is 60.6 Å². The van der Waals surface area contributed by atoms with Crippen molar-refractivity contribution in [3.8, 4) is 5.75 Å². The van der Waals surface area contributed by atoms with Gasteiger partial charge in [0.15, 0.2) is 0 Å². The summed E-state index contributed by atoms with van der Waals surface area (Å²) in [6, 6.07) is 24.4. The average Bonchev–Trinajstić information content (AvgIpc) is 3.07. The summed E-state index contributed by atoms with van der Waals surface area (Å²) in [5, 5.41) is 9.76. The minimum atomic E-state index is -0.928. The van der Waals surface area contributed by atoms with Gasteiger partial charge < -0.3 is 34.0 Å². The number of piperidine rings is 1. The summed E-state index contributed by atoms with van der Waals surface area (Å²) in [5.41, 5.74) is 5.39. The fourth-order valence-corrected chi connectivity index (χ4v) is 6.89. The number of nitrogens with zero attached hydrogens (tertiary/aromatic N) is 3. The Kier molecular flexibility index (Phi) is 9.86. The third-order valence-corrected chi connectivity index (χ3v) is 9.20. The minimum absolute atomic E-state index is 0.0352. The second kappa shape index (κ2) is 14.3. The Labute approximate surface area is 265 Å². The van der Waals surface area contributed by atoms with Gasteiger partial charge >= 0.3 is 6.09 Å². The molecule has 2 amide bonds. The SMILES string of the molecule is COCCCN1CC(COC2CN(C(=O)O)CCC2c2ccc(CC(=O)N3CCCc4ccccc43)cc2)Oc2ccccc21. The molecule has 3 heterocycles. The molecule has 9 heteroatoms. The number of carboxylic acid groups (broad SMARTS) is 1. The molecule has 3 aliphatic heterocycles. The fourth-order valence-electron chi connectivity index (χ4n) is 6.89. The Morgan fingerprint density at radius 1 is 0.956 bits per heavy atom. The lowest BCUT2D eigenvalue weighted by molar-refractivity contribution is -0.118. The highest BCUT2D eigenvalue weighted by Crippen LogP contribution is 2.35. The number of benzene rings is 3. The molecule has 3 aromatic carbocycles. The van der Waals surface area contributed by atoms with E-state index < -0.39 is 6.09 Å². The van der Waals surface area contributed by atoms with Crippen LogP contribution in [0.15, 0.2) is 72.8 Å². The lowest BCUT2D eigenvalue weighted by atomic mass is 9.86. The van der Waals surface area contributed by atoms with Crippen molar-refractivity contribution in [2.45, 2.75) is 50.2 Å². The molecule has 6 rings (SSSR count). The third-order valence-electron chi connectivity index (χ3n) is 9.20. The van der Waals surface area contributed by atoms with Crippen molar-refractivity contribution < 1.29 is 28.9 Å². The van der Waals surface area contributed by atoms with Crippen LogP contribution in [0.1, 0.15) is 41.9 Å². The molecule has 1 N–H and O–H groups in total. The average molecular weight is 614 g/mol. The predicted molar refractivity (Wildman–Crippen MR) is 174 cm³/mol. The summed E-state index contributed by atoms with van der Waals surface area (Å²) in [6.07, 6.45) is 2.47. The first-order valence-electron chi connectivity index (χ1n) is 16.1. The Morgan fingerprint density at radius 3 is 2.53 bits per heavy atom. The van der Waals surface area contributed by atoms with Gasteiger partial charge in [-0.3, -0.25) is 4.79 Å². The van der Waals surface area contributed by atoms with Gasteiger partial charge in [-0.1, -0.05) is 54.6 Å². The molecule has 45 heavy (non-hydrogen) atoms. The molecule has 0 saturated carbocycles. The maximum Gasteiger partial charge on any atom is 0.407 e. The monoisotopic (exact) mass is 613 g/mol. The number of methoxy groups -OCH3 is 1. The maximum absolute atomic E-state index is 13.3. The van der Waals surface area contributed by atoms with Crippen LogP contribution in [0.4, 0.5) is 16.2 Å². The number of hydrogen-bond acceptors (Lipinski definition) is 6. The summed E-state index contributed by atoms with van der Waals surface area (Å²) in [4.78, 5) is 30.9. The molecule has 238 valence electrons. The first kappa shape index (κ1) is 30.9. The molecule has 3 aromatic rings. The number of carbonyl (C=O) groups is 2. The fraction of sp³-hybridized carbons (Fsp3) is 0.444. The molecule has 1 fully saturated rings. The van der Waals surface area contributed by atoms with Crippen LogP contribution in [-0.2, 0) is 27.1 Å². The summed E-state index contributed by atoms with van der Waals surface area (Å²) in [5.74, 6) is 0.976. The molecule has 0 radical (unpaired) electrons. The number of rotatable bonds is 10. The van der Waals surface area contributed by atoms with Gasteiger partial charge in [-0.15, -0.1) is 0 Å². The Hall–Kier alpha value is -4.08. The molecule has 3 atom stereocenters. The van der Waals surface area contributed by atoms with Gasteiger partial charge in [0.2, 0.25) is 5.91 Å². The maximum atomic E-state index is 13.3. The Morgan fingerprint density at radius 2 is 1.73 bits per heavy atom. The van der Waals surface area contributed by atoms with E-state index in [-0.39, 0.29) is 24.0 Å². The van der Waals surface area contributed by atoms with E-state index in [4.69, 9.17) is 14.2 Å². The molecular weight excluding hydrogens is 570 g/mol. The van der Waals surface area contributed by atoms with E-state index >= 15 is 0 Å². The smallest absolute Gasteiger partial charge is 0.407 e. The van der Waals surface area contributed by atoms with Crippen LogP contribution in [0.3, 0.4) is 0 Å². The molecular formula is C36H43N3O6. The van der Waals surface area contributed by atoms with E-state index in [1.54, 1.807) is 7.11 Å². The standard InChI is InChI=1S/C36H43N3O6/c1-43-21-7-18-37-23-29(45-33-12-5-4-11-32(33)37)25-44-34-24-38(36(41)42)20-17-30(34)27-15-13-26(14-16-27)22-35(40)39-19-6-9-28-8-2-3-10-31(28)39/h2-5,8,10-16,29-30,34H,6-7,9,17-25H2,1H3,(H,41,42). The van der Waals surface area contributed by atoms with Gasteiger partial charge in [0.05, 0.1) is 37.9 Å². The first-order chi connectivity index (χ1) is 22.0. The predicted octanol–water partition coefficient (Wildman–Crippen LogP) is 5.37. The van der Waals surface area contributed by atoms with Crippen molar-refractivity contribution in [1.29, 1.82) is 0 Å². The van der Waals surface area contributed by atoms with Crippen LogP contribution in [-0.4, -0.2) is 87.3 Å². The number of likely N-dealkylation sites (tertiary alicyclic amines) is 1. The molecule has 0 aliphatic carbocycles. The lowest BCUT2D eigenvalue weighted by Gasteiger charge is -2.40. The van der Waals surface area contributed by atoms with E-state index in [2.05, 4.69) is 29.2 Å². The normalized spacial score (nSPS) is 21.1. The number of aryl methyl sites for hydroxylation is 1. The summed E-state index contributed by atoms with van der Waals surface area (Å²) in [6.45, 7) is 4.08. The molecule has 9 nitrogen and oxygen atoms in total. The van der Waals surface area contributed by atoms with Gasteiger partial charge in [0, 0.05) is 45.0 Å². The molecule has 0 spiro atoms. The quantitative estimate of drug-likeness (QED) is 0.308. The van der Waals surface area contributed by atoms with Crippen molar-refractivity contribution in [3.63, 3.8) is 0 Å².